The van der Waals surface area contributed by atoms with E-state index in [0.29, 0.717) is 25.1 Å². The summed E-state index contributed by atoms with van der Waals surface area (Å²) in [6.45, 7) is 0.568. The lowest BCUT2D eigenvalue weighted by Crippen LogP contribution is -2.48. The number of carbonyl (C=O) groups excluding carboxylic acids is 2. The van der Waals surface area contributed by atoms with Crippen LogP contribution in [0.5, 0.6) is 0 Å². The van der Waals surface area contributed by atoms with Gasteiger partial charge in [-0.2, -0.15) is 0 Å². The zero-order valence-corrected chi connectivity index (χ0v) is 9.06. The predicted molar refractivity (Wildman–Crippen MR) is 56.7 cm³/mol. The van der Waals surface area contributed by atoms with Crippen LogP contribution < -0.4 is 5.32 Å². The van der Waals surface area contributed by atoms with E-state index in [0.717, 1.165) is 0 Å². The second-order valence-corrected chi connectivity index (χ2v) is 3.95. The van der Waals surface area contributed by atoms with Crippen LogP contribution >= 0.6 is 0 Å². The molecule has 0 radical (unpaired) electrons. The molecule has 2 rings (SSSR count). The fourth-order valence-electron chi connectivity index (χ4n) is 1.77. The molecule has 1 aliphatic heterocycles. The van der Waals surface area contributed by atoms with Crippen LogP contribution in [0.4, 0.5) is 0 Å². The van der Waals surface area contributed by atoms with E-state index in [1.54, 1.807) is 11.9 Å². The largest absolute Gasteiger partial charge is 0.346 e. The molecule has 86 valence electrons. The van der Waals surface area contributed by atoms with Gasteiger partial charge in [-0.1, -0.05) is 0 Å². The number of likely N-dealkylation sites (tertiary alicyclic amines) is 1. The van der Waals surface area contributed by atoms with Crippen LogP contribution in [-0.4, -0.2) is 46.3 Å². The summed E-state index contributed by atoms with van der Waals surface area (Å²) in [6.07, 6.45) is 4.13. The van der Waals surface area contributed by atoms with Crippen molar-refractivity contribution in [1.29, 1.82) is 0 Å². The molecular weight excluding hydrogens is 208 g/mol. The number of aromatic amines is 1. The Kier molecular flexibility index (Phi) is 2.89. The predicted octanol–water partition coefficient (Wildman–Crippen LogP) is -0.240. The van der Waals surface area contributed by atoms with Gasteiger partial charge in [0, 0.05) is 26.1 Å². The zero-order valence-electron chi connectivity index (χ0n) is 9.06. The summed E-state index contributed by atoms with van der Waals surface area (Å²) in [5, 5.41) is 2.87. The van der Waals surface area contributed by atoms with Crippen molar-refractivity contribution in [1.82, 2.24) is 20.2 Å². The minimum atomic E-state index is -0.176. The van der Waals surface area contributed by atoms with Gasteiger partial charge in [-0.3, -0.25) is 9.59 Å². The van der Waals surface area contributed by atoms with Crippen LogP contribution in [0.1, 0.15) is 23.3 Å². The Hall–Kier alpha value is -1.85. The van der Waals surface area contributed by atoms with Crippen molar-refractivity contribution < 1.29 is 9.59 Å². The number of piperidine rings is 1. The van der Waals surface area contributed by atoms with E-state index in [-0.39, 0.29) is 17.9 Å². The maximum Gasteiger partial charge on any atom is 0.269 e. The molecule has 0 aliphatic carbocycles. The van der Waals surface area contributed by atoms with Crippen molar-refractivity contribution in [3.63, 3.8) is 0 Å². The highest BCUT2D eigenvalue weighted by molar-refractivity contribution is 5.92. The second-order valence-electron chi connectivity index (χ2n) is 3.95. The van der Waals surface area contributed by atoms with E-state index in [4.69, 9.17) is 0 Å². The van der Waals surface area contributed by atoms with Gasteiger partial charge < -0.3 is 15.2 Å². The van der Waals surface area contributed by atoms with Crippen LogP contribution in [-0.2, 0) is 4.79 Å². The lowest BCUT2D eigenvalue weighted by molar-refractivity contribution is -0.132. The fourth-order valence-corrected chi connectivity index (χ4v) is 1.77. The number of hydrogen-bond acceptors (Lipinski definition) is 3. The summed E-state index contributed by atoms with van der Waals surface area (Å²) in [4.78, 5) is 31.1. The summed E-state index contributed by atoms with van der Waals surface area (Å²) in [6, 6.07) is 0.0264. The third-order valence-electron chi connectivity index (χ3n) is 2.70. The molecule has 1 atom stereocenters. The number of H-pyrrole nitrogens is 1. The van der Waals surface area contributed by atoms with Crippen molar-refractivity contribution in [3.05, 3.63) is 18.2 Å². The monoisotopic (exact) mass is 222 g/mol. The van der Waals surface area contributed by atoms with Crippen molar-refractivity contribution in [2.24, 2.45) is 0 Å². The van der Waals surface area contributed by atoms with E-state index < -0.39 is 0 Å². The van der Waals surface area contributed by atoms with Gasteiger partial charge in [0.25, 0.3) is 5.91 Å². The van der Waals surface area contributed by atoms with Crippen molar-refractivity contribution in [2.75, 3.05) is 13.6 Å². The average molecular weight is 222 g/mol. The number of likely N-dealkylation sites (N-methyl/N-ethyl adjacent to an activating group) is 1. The minimum absolute atomic E-state index is 0.0264. The SMILES string of the molecule is CN1C[C@@H](NC(=O)c2cnc[nH]2)CCC1=O. The van der Waals surface area contributed by atoms with Gasteiger partial charge in [0.15, 0.2) is 0 Å². The smallest absolute Gasteiger partial charge is 0.269 e. The molecule has 0 spiro atoms. The number of carbonyl (C=O) groups is 2. The van der Waals surface area contributed by atoms with E-state index in [9.17, 15) is 9.59 Å². The van der Waals surface area contributed by atoms with Gasteiger partial charge in [0.1, 0.15) is 5.69 Å². The first-order chi connectivity index (χ1) is 7.66. The molecule has 1 fully saturated rings. The average Bonchev–Trinajstić information content (AvgIpc) is 2.77. The van der Waals surface area contributed by atoms with Crippen LogP contribution in [0, 0.1) is 0 Å². The molecule has 0 saturated carbocycles. The number of aromatic nitrogens is 2. The quantitative estimate of drug-likeness (QED) is 0.725. The maximum atomic E-state index is 11.7. The molecule has 6 nitrogen and oxygen atoms in total. The summed E-state index contributed by atoms with van der Waals surface area (Å²) < 4.78 is 0. The summed E-state index contributed by atoms with van der Waals surface area (Å²) in [7, 11) is 1.75. The second kappa shape index (κ2) is 4.34. The standard InChI is InChI=1S/C10H14N4O2/c1-14-5-7(2-3-9(14)15)13-10(16)8-4-11-6-12-8/h4,6-7H,2-3,5H2,1H3,(H,11,12)(H,13,16)/t7-/m0/s1. The van der Waals surface area contributed by atoms with E-state index >= 15 is 0 Å². The Labute approximate surface area is 93.0 Å². The Balaban J connectivity index is 1.91. The van der Waals surface area contributed by atoms with Crippen molar-refractivity contribution >= 4 is 11.8 Å². The van der Waals surface area contributed by atoms with Gasteiger partial charge in [0.2, 0.25) is 5.91 Å². The van der Waals surface area contributed by atoms with Gasteiger partial charge in [-0.25, -0.2) is 4.98 Å². The van der Waals surface area contributed by atoms with Gasteiger partial charge >= 0.3 is 0 Å². The zero-order chi connectivity index (χ0) is 11.5. The summed E-state index contributed by atoms with van der Waals surface area (Å²) in [5.74, 6) is -0.0442. The number of hydrogen-bond donors (Lipinski definition) is 2. The fraction of sp³-hybridized carbons (Fsp3) is 0.500. The molecule has 1 aromatic heterocycles. The highest BCUT2D eigenvalue weighted by Gasteiger charge is 2.24. The molecule has 2 heterocycles. The number of nitrogens with zero attached hydrogens (tertiary/aromatic N) is 2. The molecule has 6 heteroatoms. The van der Waals surface area contributed by atoms with Gasteiger partial charge in [0.05, 0.1) is 12.5 Å². The first kappa shape index (κ1) is 10.7. The lowest BCUT2D eigenvalue weighted by atomic mass is 10.1. The number of imidazole rings is 1. The topological polar surface area (TPSA) is 78.1 Å². The molecule has 1 aliphatic rings. The molecule has 0 bridgehead atoms. The lowest BCUT2D eigenvalue weighted by Gasteiger charge is -2.29. The molecule has 2 amide bonds. The Morgan fingerprint density at radius 3 is 3.12 bits per heavy atom. The number of amides is 2. The number of nitrogens with one attached hydrogen (secondary N) is 2. The third kappa shape index (κ3) is 2.21. The summed E-state index contributed by atoms with van der Waals surface area (Å²) >= 11 is 0. The van der Waals surface area contributed by atoms with Gasteiger partial charge in [-0.15, -0.1) is 0 Å². The third-order valence-corrected chi connectivity index (χ3v) is 2.70. The van der Waals surface area contributed by atoms with Crippen molar-refractivity contribution in [3.8, 4) is 0 Å². The van der Waals surface area contributed by atoms with Crippen molar-refractivity contribution in [2.45, 2.75) is 18.9 Å². The minimum Gasteiger partial charge on any atom is -0.346 e. The highest BCUT2D eigenvalue weighted by Crippen LogP contribution is 2.09. The molecule has 0 aromatic carbocycles. The van der Waals surface area contributed by atoms with E-state index in [1.165, 1.54) is 12.5 Å². The molecule has 1 saturated heterocycles. The Bertz CT molecular complexity index is 388. The highest BCUT2D eigenvalue weighted by atomic mass is 16.2. The Morgan fingerprint density at radius 1 is 1.69 bits per heavy atom. The maximum absolute atomic E-state index is 11.7. The first-order valence-electron chi connectivity index (χ1n) is 5.20. The van der Waals surface area contributed by atoms with Gasteiger partial charge in [-0.05, 0) is 6.42 Å². The van der Waals surface area contributed by atoms with Crippen LogP contribution in [0.2, 0.25) is 0 Å². The molecule has 0 unspecified atom stereocenters. The molecule has 16 heavy (non-hydrogen) atoms. The van der Waals surface area contributed by atoms with E-state index in [2.05, 4.69) is 15.3 Å². The number of rotatable bonds is 2. The Morgan fingerprint density at radius 2 is 2.50 bits per heavy atom. The molecular formula is C10H14N4O2. The molecule has 2 N–H and O–H groups in total. The summed E-state index contributed by atoms with van der Waals surface area (Å²) in [5.41, 5.74) is 0.444. The molecule has 1 aromatic rings. The van der Waals surface area contributed by atoms with Crippen LogP contribution in [0.3, 0.4) is 0 Å². The first-order valence-corrected chi connectivity index (χ1v) is 5.20. The van der Waals surface area contributed by atoms with Crippen LogP contribution in [0.15, 0.2) is 12.5 Å². The normalized spacial score (nSPS) is 20.9. The van der Waals surface area contributed by atoms with Crippen LogP contribution in [0.25, 0.3) is 0 Å². The van der Waals surface area contributed by atoms with E-state index in [1.807, 2.05) is 0 Å².